The van der Waals surface area contributed by atoms with Gasteiger partial charge < -0.3 is 4.74 Å². The Morgan fingerprint density at radius 2 is 1.92 bits per heavy atom. The van der Waals surface area contributed by atoms with Gasteiger partial charge in [0, 0.05) is 30.5 Å². The first-order valence-electron chi connectivity index (χ1n) is 8.48. The van der Waals surface area contributed by atoms with Crippen LogP contribution in [0, 0.1) is 0 Å². The summed E-state index contributed by atoms with van der Waals surface area (Å²) in [5.41, 5.74) is 0.655. The molecule has 2 aromatic rings. The number of ether oxygens (including phenoxy) is 1. The summed E-state index contributed by atoms with van der Waals surface area (Å²) in [4.78, 5) is 16.0. The third-order valence-corrected chi connectivity index (χ3v) is 5.69. The molecule has 2 atom stereocenters. The molecule has 3 rings (SSSR count). The lowest BCUT2D eigenvalue weighted by molar-refractivity contribution is 0.0793. The fourth-order valence-electron chi connectivity index (χ4n) is 2.97. The second kappa shape index (κ2) is 8.29. The van der Waals surface area contributed by atoms with Gasteiger partial charge in [0.15, 0.2) is 0 Å². The highest BCUT2D eigenvalue weighted by molar-refractivity contribution is 7.89. The van der Waals surface area contributed by atoms with Crippen LogP contribution in [-0.4, -0.2) is 31.6 Å². The van der Waals surface area contributed by atoms with Crippen molar-refractivity contribution >= 4 is 21.8 Å². The number of pyridine rings is 1. The number of nitrogens with one attached hydrogen (secondary N) is 2. The van der Waals surface area contributed by atoms with E-state index in [1.807, 2.05) is 18.2 Å². The van der Waals surface area contributed by atoms with Crippen molar-refractivity contribution < 1.29 is 17.9 Å². The number of anilines is 1. The lowest BCUT2D eigenvalue weighted by Gasteiger charge is -2.29. The Morgan fingerprint density at radius 3 is 2.65 bits per heavy atom. The Balaban J connectivity index is 1.55. The van der Waals surface area contributed by atoms with Crippen molar-refractivity contribution in [3.05, 3.63) is 54.9 Å². The maximum Gasteiger partial charge on any atom is 0.411 e. The summed E-state index contributed by atoms with van der Waals surface area (Å²) >= 11 is 0. The Labute approximate surface area is 152 Å². The number of nitrogens with zero attached hydrogens (tertiary/aromatic N) is 1. The molecule has 0 radical (unpaired) electrons. The fraction of sp³-hybridized carbons (Fsp3) is 0.333. The van der Waals surface area contributed by atoms with Crippen LogP contribution in [0.5, 0.6) is 0 Å². The van der Waals surface area contributed by atoms with E-state index in [4.69, 9.17) is 4.74 Å². The maximum atomic E-state index is 12.4. The second-order valence-corrected chi connectivity index (χ2v) is 7.91. The molecule has 1 fully saturated rings. The third kappa shape index (κ3) is 5.03. The number of benzene rings is 1. The van der Waals surface area contributed by atoms with Gasteiger partial charge in [-0.05, 0) is 43.5 Å². The third-order valence-electron chi connectivity index (χ3n) is 4.19. The quantitative estimate of drug-likeness (QED) is 0.837. The lowest BCUT2D eigenvalue weighted by atomic mass is 9.94. The minimum atomic E-state index is -3.63. The summed E-state index contributed by atoms with van der Waals surface area (Å²) in [6.07, 6.45) is 4.63. The van der Waals surface area contributed by atoms with E-state index in [2.05, 4.69) is 15.0 Å². The van der Waals surface area contributed by atoms with Crippen LogP contribution in [-0.2, 0) is 14.8 Å². The molecule has 0 spiro atoms. The topological polar surface area (TPSA) is 97.4 Å². The van der Waals surface area contributed by atoms with Gasteiger partial charge in [0.25, 0.3) is 0 Å². The average molecular weight is 375 g/mol. The minimum absolute atomic E-state index is 0.130. The first-order valence-corrected chi connectivity index (χ1v) is 9.96. The summed E-state index contributed by atoms with van der Waals surface area (Å²) in [7, 11) is -3.63. The molecule has 1 aromatic carbocycles. The van der Waals surface area contributed by atoms with E-state index in [1.54, 1.807) is 18.2 Å². The van der Waals surface area contributed by atoms with Crippen molar-refractivity contribution in [2.24, 2.45) is 0 Å². The Morgan fingerprint density at radius 1 is 1.12 bits per heavy atom. The summed E-state index contributed by atoms with van der Waals surface area (Å²) < 4.78 is 32.9. The van der Waals surface area contributed by atoms with Crippen LogP contribution in [0.25, 0.3) is 0 Å². The smallest absolute Gasteiger partial charge is 0.411 e. The summed E-state index contributed by atoms with van der Waals surface area (Å²) in [5.74, 6) is 0. The van der Waals surface area contributed by atoms with Gasteiger partial charge in [0.05, 0.1) is 0 Å². The van der Waals surface area contributed by atoms with Crippen molar-refractivity contribution in [1.29, 1.82) is 0 Å². The molecule has 1 heterocycles. The monoisotopic (exact) mass is 375 g/mol. The molecule has 1 aromatic heterocycles. The molecular weight excluding hydrogens is 354 g/mol. The van der Waals surface area contributed by atoms with Crippen molar-refractivity contribution in [2.75, 3.05) is 5.32 Å². The zero-order chi connectivity index (χ0) is 18.4. The number of para-hydroxylation sites is 1. The summed E-state index contributed by atoms with van der Waals surface area (Å²) in [6, 6.07) is 11.8. The molecule has 26 heavy (non-hydrogen) atoms. The minimum Gasteiger partial charge on any atom is -0.446 e. The number of rotatable bonds is 5. The zero-order valence-corrected chi connectivity index (χ0v) is 15.0. The standard InChI is InChI=1S/C18H21N3O4S/c22-18(20-14-6-2-1-3-7-14)25-16-9-4-8-15(12-16)21-26(23,24)17-10-5-11-19-13-17/h1-3,5-7,10-11,13,15-16,21H,4,8-9,12H2,(H,20,22)/t15-,16-/m0/s1. The maximum absolute atomic E-state index is 12.4. The van der Waals surface area contributed by atoms with E-state index in [9.17, 15) is 13.2 Å². The molecule has 0 saturated heterocycles. The van der Waals surface area contributed by atoms with E-state index in [-0.39, 0.29) is 17.0 Å². The molecule has 1 aliphatic carbocycles. The number of aromatic nitrogens is 1. The highest BCUT2D eigenvalue weighted by Crippen LogP contribution is 2.23. The molecule has 7 nitrogen and oxygen atoms in total. The highest BCUT2D eigenvalue weighted by atomic mass is 32.2. The number of hydrogen-bond acceptors (Lipinski definition) is 5. The zero-order valence-electron chi connectivity index (χ0n) is 14.2. The van der Waals surface area contributed by atoms with Crippen LogP contribution in [0.2, 0.25) is 0 Å². The molecule has 0 bridgehead atoms. The van der Waals surface area contributed by atoms with Gasteiger partial charge in [-0.3, -0.25) is 10.3 Å². The molecule has 2 N–H and O–H groups in total. The molecule has 1 amide bonds. The largest absolute Gasteiger partial charge is 0.446 e. The molecule has 1 aliphatic rings. The first-order chi connectivity index (χ1) is 12.5. The summed E-state index contributed by atoms with van der Waals surface area (Å²) in [5, 5.41) is 2.67. The van der Waals surface area contributed by atoms with Crippen LogP contribution in [0.3, 0.4) is 0 Å². The Hall–Kier alpha value is -2.45. The predicted octanol–water partition coefficient (Wildman–Crippen LogP) is 2.92. The van der Waals surface area contributed by atoms with Crippen LogP contribution in [0.15, 0.2) is 59.8 Å². The Kier molecular flexibility index (Phi) is 5.85. The second-order valence-electron chi connectivity index (χ2n) is 6.19. The van der Waals surface area contributed by atoms with E-state index >= 15 is 0 Å². The van der Waals surface area contributed by atoms with Crippen molar-refractivity contribution in [3.8, 4) is 0 Å². The highest BCUT2D eigenvalue weighted by Gasteiger charge is 2.28. The molecule has 0 aliphatic heterocycles. The van der Waals surface area contributed by atoms with Gasteiger partial charge in [0.1, 0.15) is 11.0 Å². The molecule has 8 heteroatoms. The number of hydrogen-bond donors (Lipinski definition) is 2. The van der Waals surface area contributed by atoms with Gasteiger partial charge >= 0.3 is 6.09 Å². The molecule has 1 saturated carbocycles. The first kappa shape index (κ1) is 18.3. The average Bonchev–Trinajstić information content (AvgIpc) is 2.63. The van der Waals surface area contributed by atoms with Crippen LogP contribution >= 0.6 is 0 Å². The SMILES string of the molecule is O=C(Nc1ccccc1)O[C@H]1CCC[C@H](NS(=O)(=O)c2cccnc2)C1. The van der Waals surface area contributed by atoms with Crippen LogP contribution in [0.4, 0.5) is 10.5 Å². The molecular formula is C18H21N3O4S. The molecule has 0 unspecified atom stereocenters. The normalized spacial score (nSPS) is 20.3. The van der Waals surface area contributed by atoms with Crippen molar-refractivity contribution in [2.45, 2.75) is 42.7 Å². The summed E-state index contributed by atoms with van der Waals surface area (Å²) in [6.45, 7) is 0. The molecule has 138 valence electrons. The van der Waals surface area contributed by atoms with Gasteiger partial charge in [-0.25, -0.2) is 17.9 Å². The van der Waals surface area contributed by atoms with E-state index in [0.717, 1.165) is 6.42 Å². The number of amides is 1. The van der Waals surface area contributed by atoms with Crippen molar-refractivity contribution in [3.63, 3.8) is 0 Å². The lowest BCUT2D eigenvalue weighted by Crippen LogP contribution is -2.41. The van der Waals surface area contributed by atoms with Crippen LogP contribution < -0.4 is 10.0 Å². The van der Waals surface area contributed by atoms with E-state index in [1.165, 1.54) is 18.5 Å². The van der Waals surface area contributed by atoms with Gasteiger partial charge in [-0.2, -0.15) is 0 Å². The van der Waals surface area contributed by atoms with Crippen LogP contribution in [0.1, 0.15) is 25.7 Å². The number of sulfonamides is 1. The fourth-order valence-corrected chi connectivity index (χ4v) is 4.22. The van der Waals surface area contributed by atoms with Gasteiger partial charge in [-0.15, -0.1) is 0 Å². The van der Waals surface area contributed by atoms with Gasteiger partial charge in [-0.1, -0.05) is 18.2 Å². The van der Waals surface area contributed by atoms with Crippen molar-refractivity contribution in [1.82, 2.24) is 9.71 Å². The van der Waals surface area contributed by atoms with E-state index in [0.29, 0.717) is 24.9 Å². The number of carbonyl (C=O) groups excluding carboxylic acids is 1. The predicted molar refractivity (Wildman–Crippen MR) is 97.1 cm³/mol. The Bertz CT molecular complexity index is 828. The van der Waals surface area contributed by atoms with Gasteiger partial charge in [0.2, 0.25) is 10.0 Å². The number of carbonyl (C=O) groups is 1. The van der Waals surface area contributed by atoms with E-state index < -0.39 is 16.1 Å².